The van der Waals surface area contributed by atoms with Gasteiger partial charge in [-0.3, -0.25) is 9.69 Å². The Labute approximate surface area is 169 Å². The lowest BCUT2D eigenvalue weighted by molar-refractivity contribution is -0.00369. The molecule has 4 saturated heterocycles. The molecule has 1 amide bonds. The molecule has 2 bridgehead atoms. The van der Waals surface area contributed by atoms with Crippen molar-refractivity contribution in [2.45, 2.75) is 44.2 Å². The first kappa shape index (κ1) is 17.3. The minimum Gasteiger partial charge on any atom is -0.454 e. The molecule has 0 aliphatic carbocycles. The molecule has 4 fully saturated rings. The maximum Gasteiger partial charge on any atom is 0.276 e. The van der Waals surface area contributed by atoms with Crippen molar-refractivity contribution in [3.63, 3.8) is 0 Å². The Hall–Kier alpha value is -2.54. The predicted octanol–water partition coefficient (Wildman–Crippen LogP) is 2.67. The molecule has 0 radical (unpaired) electrons. The highest BCUT2D eigenvalue weighted by molar-refractivity contribution is 5.93. The first-order valence-corrected chi connectivity index (χ1v) is 10.6. The summed E-state index contributed by atoms with van der Waals surface area (Å²) in [6.45, 7) is 5.23. The van der Waals surface area contributed by atoms with Crippen LogP contribution < -0.4 is 9.47 Å². The molecule has 1 aromatic heterocycles. The monoisotopic (exact) mass is 395 g/mol. The number of carbonyl (C=O) groups excluding carboxylic acids is 1. The van der Waals surface area contributed by atoms with E-state index in [1.54, 1.807) is 6.07 Å². The van der Waals surface area contributed by atoms with Crippen molar-refractivity contribution in [3.8, 4) is 11.5 Å². The van der Waals surface area contributed by atoms with Crippen LogP contribution in [0, 0.1) is 5.92 Å². The first-order valence-electron chi connectivity index (χ1n) is 10.6. The molecule has 5 aliphatic rings. The quantitative estimate of drug-likeness (QED) is 0.796. The number of rotatable bonds is 3. The summed E-state index contributed by atoms with van der Waals surface area (Å²) in [5.74, 6) is 3.19. The lowest BCUT2D eigenvalue weighted by Gasteiger charge is -2.51. The fourth-order valence-corrected chi connectivity index (χ4v) is 5.82. The number of ether oxygens (including phenoxy) is 2. The number of likely N-dealkylation sites (tertiary alicyclic amines) is 1. The number of fused-ring (bicyclic) bond motifs is 3. The molecule has 7 nitrogen and oxygen atoms in total. The summed E-state index contributed by atoms with van der Waals surface area (Å²) in [5, 5.41) is 4.06. The van der Waals surface area contributed by atoms with Crippen LogP contribution in [0.3, 0.4) is 0 Å². The number of piperidine rings is 3. The number of hydrogen-bond donors (Lipinski definition) is 0. The van der Waals surface area contributed by atoms with E-state index in [2.05, 4.69) is 27.1 Å². The SMILES string of the molecule is CCc1cc(C(=O)N2C[C@H](c3ccc4c(c3)OCO4)[C@H]3[C@@H]2C2CCN3CC2)no1. The van der Waals surface area contributed by atoms with Crippen LogP contribution in [0.15, 0.2) is 28.8 Å². The Morgan fingerprint density at radius 3 is 2.76 bits per heavy atom. The summed E-state index contributed by atoms with van der Waals surface area (Å²) in [4.78, 5) is 18.1. The molecule has 1 aromatic carbocycles. The second kappa shape index (κ2) is 6.49. The molecular weight excluding hydrogens is 370 g/mol. The third kappa shape index (κ3) is 2.60. The molecule has 152 valence electrons. The van der Waals surface area contributed by atoms with E-state index in [1.807, 2.05) is 13.0 Å². The molecule has 29 heavy (non-hydrogen) atoms. The largest absolute Gasteiger partial charge is 0.454 e. The topological polar surface area (TPSA) is 68.0 Å². The average molecular weight is 395 g/mol. The Bertz CT molecular complexity index is 949. The summed E-state index contributed by atoms with van der Waals surface area (Å²) >= 11 is 0. The van der Waals surface area contributed by atoms with E-state index in [0.717, 1.165) is 49.6 Å². The van der Waals surface area contributed by atoms with Crippen LogP contribution in [0.2, 0.25) is 0 Å². The van der Waals surface area contributed by atoms with E-state index >= 15 is 0 Å². The Morgan fingerprint density at radius 1 is 1.14 bits per heavy atom. The highest BCUT2D eigenvalue weighted by Crippen LogP contribution is 2.48. The number of aryl methyl sites for hydroxylation is 1. The van der Waals surface area contributed by atoms with Gasteiger partial charge in [0.25, 0.3) is 5.91 Å². The zero-order chi connectivity index (χ0) is 19.5. The van der Waals surface area contributed by atoms with Gasteiger partial charge in [0.15, 0.2) is 17.2 Å². The lowest BCUT2D eigenvalue weighted by atomic mass is 9.75. The van der Waals surface area contributed by atoms with Crippen LogP contribution in [-0.4, -0.2) is 59.4 Å². The highest BCUT2D eigenvalue weighted by atomic mass is 16.7. The number of aromatic nitrogens is 1. The van der Waals surface area contributed by atoms with Gasteiger partial charge in [0.1, 0.15) is 5.76 Å². The highest BCUT2D eigenvalue weighted by Gasteiger charge is 2.55. The van der Waals surface area contributed by atoms with Crippen molar-refractivity contribution in [1.82, 2.24) is 15.0 Å². The van der Waals surface area contributed by atoms with Crippen LogP contribution in [0.1, 0.15) is 47.5 Å². The van der Waals surface area contributed by atoms with Gasteiger partial charge in [-0.05, 0) is 49.5 Å². The van der Waals surface area contributed by atoms with Crippen LogP contribution in [0.4, 0.5) is 0 Å². The minimum atomic E-state index is 0.000410. The van der Waals surface area contributed by atoms with E-state index in [4.69, 9.17) is 14.0 Å². The Morgan fingerprint density at radius 2 is 1.97 bits per heavy atom. The molecule has 6 heterocycles. The molecule has 0 N–H and O–H groups in total. The maximum atomic E-state index is 13.4. The molecule has 5 aliphatic heterocycles. The van der Waals surface area contributed by atoms with Gasteiger partial charge in [0, 0.05) is 31.0 Å². The Kier molecular flexibility index (Phi) is 3.88. The van der Waals surface area contributed by atoms with Gasteiger partial charge in [-0.2, -0.15) is 0 Å². The normalized spacial score (nSPS) is 31.9. The van der Waals surface area contributed by atoms with Crippen molar-refractivity contribution >= 4 is 5.91 Å². The van der Waals surface area contributed by atoms with Crippen LogP contribution in [0.25, 0.3) is 0 Å². The molecule has 2 aromatic rings. The fourth-order valence-electron chi connectivity index (χ4n) is 5.82. The summed E-state index contributed by atoms with van der Waals surface area (Å²) < 4.78 is 16.4. The van der Waals surface area contributed by atoms with Gasteiger partial charge >= 0.3 is 0 Å². The molecule has 3 atom stereocenters. The molecule has 7 rings (SSSR count). The summed E-state index contributed by atoms with van der Waals surface area (Å²) in [5.41, 5.74) is 1.66. The van der Waals surface area contributed by atoms with Crippen LogP contribution >= 0.6 is 0 Å². The van der Waals surface area contributed by atoms with Gasteiger partial charge in [0.05, 0.1) is 6.04 Å². The van der Waals surface area contributed by atoms with Crippen molar-refractivity contribution < 1.29 is 18.8 Å². The average Bonchev–Trinajstić information content (AvgIpc) is 3.51. The second-order valence-electron chi connectivity index (χ2n) is 8.56. The van der Waals surface area contributed by atoms with E-state index in [0.29, 0.717) is 24.2 Å². The maximum absolute atomic E-state index is 13.4. The summed E-state index contributed by atoms with van der Waals surface area (Å²) in [6.07, 6.45) is 3.07. The van der Waals surface area contributed by atoms with Gasteiger partial charge < -0.3 is 18.9 Å². The van der Waals surface area contributed by atoms with Gasteiger partial charge in [-0.25, -0.2) is 0 Å². The zero-order valence-corrected chi connectivity index (χ0v) is 16.5. The van der Waals surface area contributed by atoms with E-state index in [-0.39, 0.29) is 24.7 Å². The number of carbonyl (C=O) groups is 1. The minimum absolute atomic E-state index is 0.000410. The third-order valence-corrected chi connectivity index (χ3v) is 7.21. The molecule has 7 heteroatoms. The smallest absolute Gasteiger partial charge is 0.276 e. The van der Waals surface area contributed by atoms with Crippen molar-refractivity contribution in [2.24, 2.45) is 5.92 Å². The van der Waals surface area contributed by atoms with Crippen molar-refractivity contribution in [3.05, 3.63) is 41.3 Å². The number of hydrogen-bond acceptors (Lipinski definition) is 6. The van der Waals surface area contributed by atoms with E-state index < -0.39 is 0 Å². The van der Waals surface area contributed by atoms with Crippen molar-refractivity contribution in [1.29, 1.82) is 0 Å². The van der Waals surface area contributed by atoms with Crippen LogP contribution in [-0.2, 0) is 6.42 Å². The van der Waals surface area contributed by atoms with Gasteiger partial charge in [-0.15, -0.1) is 0 Å². The molecular formula is C22H25N3O4. The van der Waals surface area contributed by atoms with E-state index in [1.165, 1.54) is 5.56 Å². The standard InChI is InChI=1S/C22H25N3O4/c1-2-15-10-17(23-29-15)22(26)25-11-16(14-3-4-18-19(9-14)28-12-27-18)21-20(25)13-5-7-24(21)8-6-13/h3-4,9-10,13,16,20-21H,2,5-8,11-12H2,1H3/t16-,20+,21+/m1/s1. The second-order valence-corrected chi connectivity index (χ2v) is 8.56. The predicted molar refractivity (Wildman–Crippen MR) is 104 cm³/mol. The molecule has 0 spiro atoms. The number of benzene rings is 1. The number of nitrogens with zero attached hydrogens (tertiary/aromatic N) is 3. The molecule has 0 unspecified atom stereocenters. The first-order chi connectivity index (χ1) is 14.2. The van der Waals surface area contributed by atoms with Crippen LogP contribution in [0.5, 0.6) is 11.5 Å². The van der Waals surface area contributed by atoms with Gasteiger partial charge in [-0.1, -0.05) is 18.1 Å². The summed E-state index contributed by atoms with van der Waals surface area (Å²) in [6, 6.07) is 8.63. The zero-order valence-electron chi connectivity index (χ0n) is 16.5. The van der Waals surface area contributed by atoms with E-state index in [9.17, 15) is 4.79 Å². The fraction of sp³-hybridized carbons (Fsp3) is 0.545. The summed E-state index contributed by atoms with van der Waals surface area (Å²) in [7, 11) is 0. The molecule has 0 saturated carbocycles. The number of amides is 1. The third-order valence-electron chi connectivity index (χ3n) is 7.21. The lowest BCUT2D eigenvalue weighted by Crippen LogP contribution is -2.60. The Balaban J connectivity index is 1.37. The van der Waals surface area contributed by atoms with Crippen molar-refractivity contribution in [2.75, 3.05) is 26.4 Å². The van der Waals surface area contributed by atoms with Gasteiger partial charge in [0.2, 0.25) is 6.79 Å².